The first-order chi connectivity index (χ1) is 12.4. The van der Waals surface area contributed by atoms with Crippen molar-refractivity contribution in [2.45, 2.75) is 0 Å². The number of hydrogen-bond acceptors (Lipinski definition) is 4. The van der Waals surface area contributed by atoms with Gasteiger partial charge in [0.2, 0.25) is 5.91 Å². The number of nitrogens with one attached hydrogen (secondary N) is 1. The number of thioether (sulfide) groups is 1. The highest BCUT2D eigenvalue weighted by molar-refractivity contribution is 8.18. The van der Waals surface area contributed by atoms with Gasteiger partial charge in [0.15, 0.2) is 0 Å². The highest BCUT2D eigenvalue weighted by Crippen LogP contribution is 2.32. The third-order valence-corrected chi connectivity index (χ3v) is 4.61. The Labute approximate surface area is 157 Å². The van der Waals surface area contributed by atoms with E-state index in [1.807, 2.05) is 0 Å². The van der Waals surface area contributed by atoms with E-state index in [-0.39, 0.29) is 10.6 Å². The second-order valence-corrected chi connectivity index (χ2v) is 6.81. The van der Waals surface area contributed by atoms with Crippen LogP contribution in [0.2, 0.25) is 5.02 Å². The zero-order valence-corrected chi connectivity index (χ0v) is 14.8. The maximum Gasteiger partial charge on any atom is 0.294 e. The van der Waals surface area contributed by atoms with Crippen molar-refractivity contribution >= 4 is 52.2 Å². The fraction of sp³-hybridized carbons (Fsp3) is 0.0556. The van der Waals surface area contributed by atoms with Crippen molar-refractivity contribution in [3.63, 3.8) is 0 Å². The normalized spacial score (nSPS) is 15.6. The number of rotatable bonds is 4. The highest BCUT2D eigenvalue weighted by atomic mass is 35.5. The van der Waals surface area contributed by atoms with Crippen LogP contribution in [0.15, 0.2) is 53.4 Å². The molecule has 0 radical (unpaired) electrons. The van der Waals surface area contributed by atoms with E-state index < -0.39 is 29.4 Å². The van der Waals surface area contributed by atoms with Gasteiger partial charge in [-0.3, -0.25) is 19.3 Å². The Bertz CT molecular complexity index is 915. The Morgan fingerprint density at radius 3 is 2.62 bits per heavy atom. The summed E-state index contributed by atoms with van der Waals surface area (Å²) in [5.41, 5.74) is 0.961. The topological polar surface area (TPSA) is 66.5 Å². The van der Waals surface area contributed by atoms with Crippen molar-refractivity contribution < 1.29 is 18.8 Å². The molecule has 0 bridgehead atoms. The molecule has 0 atom stereocenters. The molecule has 0 spiro atoms. The zero-order valence-electron chi connectivity index (χ0n) is 13.2. The van der Waals surface area contributed by atoms with E-state index in [1.165, 1.54) is 18.2 Å². The van der Waals surface area contributed by atoms with E-state index in [1.54, 1.807) is 30.3 Å². The van der Waals surface area contributed by atoms with Gasteiger partial charge in [-0.15, -0.1) is 0 Å². The van der Waals surface area contributed by atoms with Crippen LogP contribution in [0.4, 0.5) is 14.9 Å². The van der Waals surface area contributed by atoms with Crippen LogP contribution in [0.25, 0.3) is 6.08 Å². The lowest BCUT2D eigenvalue weighted by molar-refractivity contribution is -0.127. The number of imide groups is 1. The van der Waals surface area contributed by atoms with E-state index in [0.29, 0.717) is 10.6 Å². The Kier molecular flexibility index (Phi) is 5.39. The molecular weight excluding hydrogens is 379 g/mol. The summed E-state index contributed by atoms with van der Waals surface area (Å²) in [5, 5.41) is 2.48. The largest absolute Gasteiger partial charge is 0.324 e. The van der Waals surface area contributed by atoms with Crippen LogP contribution in [0.1, 0.15) is 5.56 Å². The number of halogens is 2. The average Bonchev–Trinajstić information content (AvgIpc) is 2.84. The number of nitrogens with zero attached hydrogens (tertiary/aromatic N) is 1. The molecule has 1 aliphatic heterocycles. The molecule has 2 aromatic carbocycles. The molecule has 1 aliphatic rings. The minimum Gasteiger partial charge on any atom is -0.324 e. The van der Waals surface area contributed by atoms with E-state index in [4.69, 9.17) is 11.6 Å². The zero-order chi connectivity index (χ0) is 18.7. The molecular formula is C18H12ClFN2O3S. The molecule has 0 aliphatic carbocycles. The van der Waals surface area contributed by atoms with Crippen LogP contribution in [0, 0.1) is 5.82 Å². The van der Waals surface area contributed by atoms with Crippen molar-refractivity contribution in [3.8, 4) is 0 Å². The summed E-state index contributed by atoms with van der Waals surface area (Å²) in [4.78, 5) is 37.5. The minimum atomic E-state index is -0.592. The summed E-state index contributed by atoms with van der Waals surface area (Å²) in [7, 11) is 0. The van der Waals surface area contributed by atoms with Gasteiger partial charge in [-0.1, -0.05) is 29.8 Å². The lowest BCUT2D eigenvalue weighted by Crippen LogP contribution is -2.36. The highest BCUT2D eigenvalue weighted by Gasteiger charge is 2.36. The number of carbonyl (C=O) groups is 3. The van der Waals surface area contributed by atoms with E-state index >= 15 is 0 Å². The first-order valence-corrected chi connectivity index (χ1v) is 8.68. The number of benzene rings is 2. The standard InChI is InChI=1S/C18H12ClFN2O3S/c19-12-6-4-11(5-7-12)8-15-17(24)22(18(25)26-15)10-16(23)21-14-3-1-2-13(20)9-14/h1-9H,10H2,(H,21,23)/b15-8+. The predicted molar refractivity (Wildman–Crippen MR) is 99.2 cm³/mol. The van der Waals surface area contributed by atoms with Crippen molar-refractivity contribution in [3.05, 3.63) is 69.8 Å². The van der Waals surface area contributed by atoms with Crippen LogP contribution in [0.3, 0.4) is 0 Å². The molecule has 3 rings (SSSR count). The van der Waals surface area contributed by atoms with Crippen LogP contribution >= 0.6 is 23.4 Å². The molecule has 0 aromatic heterocycles. The van der Waals surface area contributed by atoms with Crippen LogP contribution in [-0.4, -0.2) is 28.5 Å². The fourth-order valence-corrected chi connectivity index (χ4v) is 3.22. The van der Waals surface area contributed by atoms with Gasteiger partial charge in [-0.25, -0.2) is 4.39 Å². The Hall–Kier alpha value is -2.64. The number of hydrogen-bond donors (Lipinski definition) is 1. The summed E-state index contributed by atoms with van der Waals surface area (Å²) in [6.45, 7) is -0.445. The lowest BCUT2D eigenvalue weighted by atomic mass is 10.2. The molecule has 3 amide bonds. The third-order valence-electron chi connectivity index (χ3n) is 3.45. The van der Waals surface area contributed by atoms with Crippen molar-refractivity contribution in [2.75, 3.05) is 11.9 Å². The molecule has 8 heteroatoms. The fourth-order valence-electron chi connectivity index (χ4n) is 2.26. The molecule has 1 N–H and O–H groups in total. The lowest BCUT2D eigenvalue weighted by Gasteiger charge is -2.12. The molecule has 26 heavy (non-hydrogen) atoms. The van der Waals surface area contributed by atoms with Gasteiger partial charge in [0.25, 0.3) is 11.1 Å². The summed E-state index contributed by atoms with van der Waals surface area (Å²) < 4.78 is 13.1. The smallest absolute Gasteiger partial charge is 0.294 e. The summed E-state index contributed by atoms with van der Waals surface area (Å²) in [5.74, 6) is -1.64. The Morgan fingerprint density at radius 1 is 1.19 bits per heavy atom. The van der Waals surface area contributed by atoms with E-state index in [9.17, 15) is 18.8 Å². The maximum absolute atomic E-state index is 13.1. The van der Waals surface area contributed by atoms with Gasteiger partial charge >= 0.3 is 0 Å². The molecule has 132 valence electrons. The monoisotopic (exact) mass is 390 g/mol. The summed E-state index contributed by atoms with van der Waals surface area (Å²) in [6, 6.07) is 12.1. The van der Waals surface area contributed by atoms with E-state index in [0.717, 1.165) is 22.7 Å². The van der Waals surface area contributed by atoms with Crippen molar-refractivity contribution in [2.24, 2.45) is 0 Å². The average molecular weight is 391 g/mol. The molecule has 0 unspecified atom stereocenters. The van der Waals surface area contributed by atoms with Crippen molar-refractivity contribution in [1.29, 1.82) is 0 Å². The summed E-state index contributed by atoms with van der Waals surface area (Å²) in [6.07, 6.45) is 1.56. The van der Waals surface area contributed by atoms with Crippen LogP contribution in [-0.2, 0) is 9.59 Å². The molecule has 2 aromatic rings. The summed E-state index contributed by atoms with van der Waals surface area (Å²) >= 11 is 6.57. The second-order valence-electron chi connectivity index (χ2n) is 5.38. The SMILES string of the molecule is O=C(CN1C(=O)S/C(=C/c2ccc(Cl)cc2)C1=O)Nc1cccc(F)c1. The number of anilines is 1. The van der Waals surface area contributed by atoms with E-state index in [2.05, 4.69) is 5.32 Å². The first-order valence-electron chi connectivity index (χ1n) is 7.49. The van der Waals surface area contributed by atoms with Gasteiger partial charge in [-0.05, 0) is 53.7 Å². The Morgan fingerprint density at radius 2 is 1.92 bits per heavy atom. The quantitative estimate of drug-likeness (QED) is 0.796. The minimum absolute atomic E-state index is 0.218. The van der Waals surface area contributed by atoms with Gasteiger partial charge in [0.05, 0.1) is 4.91 Å². The Balaban J connectivity index is 1.69. The van der Waals surface area contributed by atoms with Gasteiger partial charge < -0.3 is 5.32 Å². The predicted octanol–water partition coefficient (Wildman–Crippen LogP) is 4.15. The van der Waals surface area contributed by atoms with Crippen LogP contribution in [0.5, 0.6) is 0 Å². The third kappa shape index (κ3) is 4.30. The van der Waals surface area contributed by atoms with Gasteiger partial charge in [0.1, 0.15) is 12.4 Å². The molecule has 1 fully saturated rings. The van der Waals surface area contributed by atoms with Gasteiger partial charge in [-0.2, -0.15) is 0 Å². The number of amides is 3. The van der Waals surface area contributed by atoms with Crippen molar-refractivity contribution in [1.82, 2.24) is 4.90 Å². The van der Waals surface area contributed by atoms with Crippen LogP contribution < -0.4 is 5.32 Å². The second kappa shape index (κ2) is 7.72. The van der Waals surface area contributed by atoms with Gasteiger partial charge in [0, 0.05) is 10.7 Å². The molecule has 1 saturated heterocycles. The molecule has 5 nitrogen and oxygen atoms in total. The maximum atomic E-state index is 13.1. The molecule has 1 heterocycles. The number of carbonyl (C=O) groups excluding carboxylic acids is 3. The first kappa shape index (κ1) is 18.2. The molecule has 0 saturated carbocycles.